The summed E-state index contributed by atoms with van der Waals surface area (Å²) in [5.74, 6) is 0. The van der Waals surface area contributed by atoms with Crippen molar-refractivity contribution in [3.05, 3.63) is 35.2 Å². The zero-order valence-electron chi connectivity index (χ0n) is 7.79. The summed E-state index contributed by atoms with van der Waals surface area (Å²) < 4.78 is 0. The highest BCUT2D eigenvalue weighted by molar-refractivity contribution is 6.31. The van der Waals surface area contributed by atoms with Crippen molar-refractivity contribution in [2.24, 2.45) is 0 Å². The van der Waals surface area contributed by atoms with E-state index < -0.39 is 0 Å². The van der Waals surface area contributed by atoms with E-state index >= 15 is 0 Å². The second-order valence-corrected chi connectivity index (χ2v) is 3.45. The zero-order valence-corrected chi connectivity index (χ0v) is 8.54. The Kier molecular flexibility index (Phi) is 2.61. The third-order valence-electron chi connectivity index (χ3n) is 2.02. The Balaban J connectivity index is 2.64. The first-order valence-corrected chi connectivity index (χ1v) is 4.73. The SMILES string of the molecule is CNCc1ncnc2ccc(Cl)cc12. The highest BCUT2D eigenvalue weighted by Crippen LogP contribution is 2.19. The third kappa shape index (κ3) is 1.69. The van der Waals surface area contributed by atoms with E-state index in [1.165, 1.54) is 0 Å². The molecule has 0 aliphatic rings. The predicted octanol–water partition coefficient (Wildman–Crippen LogP) is 2.00. The minimum absolute atomic E-state index is 0.713. The fraction of sp³-hybridized carbons (Fsp3) is 0.200. The van der Waals surface area contributed by atoms with Crippen molar-refractivity contribution in [2.75, 3.05) is 7.05 Å². The zero-order chi connectivity index (χ0) is 9.97. The van der Waals surface area contributed by atoms with Crippen LogP contribution < -0.4 is 5.32 Å². The summed E-state index contributed by atoms with van der Waals surface area (Å²) in [5.41, 5.74) is 1.90. The molecule has 0 aliphatic heterocycles. The van der Waals surface area contributed by atoms with Crippen LogP contribution in [0.3, 0.4) is 0 Å². The Morgan fingerprint density at radius 3 is 3.00 bits per heavy atom. The first-order valence-electron chi connectivity index (χ1n) is 4.35. The van der Waals surface area contributed by atoms with Gasteiger partial charge in [-0.15, -0.1) is 0 Å². The van der Waals surface area contributed by atoms with Gasteiger partial charge in [-0.25, -0.2) is 9.97 Å². The second kappa shape index (κ2) is 3.90. The molecule has 0 aliphatic carbocycles. The lowest BCUT2D eigenvalue weighted by atomic mass is 10.2. The maximum absolute atomic E-state index is 5.91. The maximum atomic E-state index is 5.91. The van der Waals surface area contributed by atoms with Crippen LogP contribution in [-0.2, 0) is 6.54 Å². The number of rotatable bonds is 2. The molecule has 1 heterocycles. The van der Waals surface area contributed by atoms with Crippen molar-refractivity contribution in [1.82, 2.24) is 15.3 Å². The van der Waals surface area contributed by atoms with Gasteiger partial charge >= 0.3 is 0 Å². The first kappa shape index (κ1) is 9.37. The van der Waals surface area contributed by atoms with E-state index in [2.05, 4.69) is 15.3 Å². The third-order valence-corrected chi connectivity index (χ3v) is 2.26. The summed E-state index contributed by atoms with van der Waals surface area (Å²) in [6, 6.07) is 5.63. The number of benzene rings is 1. The Morgan fingerprint density at radius 1 is 1.36 bits per heavy atom. The van der Waals surface area contributed by atoms with Gasteiger partial charge in [0, 0.05) is 17.0 Å². The van der Waals surface area contributed by atoms with Crippen LogP contribution in [0.1, 0.15) is 5.69 Å². The minimum Gasteiger partial charge on any atom is -0.314 e. The Labute approximate surface area is 87.1 Å². The van der Waals surface area contributed by atoms with Gasteiger partial charge in [0.05, 0.1) is 11.2 Å². The van der Waals surface area contributed by atoms with Gasteiger partial charge < -0.3 is 5.32 Å². The van der Waals surface area contributed by atoms with Gasteiger partial charge in [-0.2, -0.15) is 0 Å². The summed E-state index contributed by atoms with van der Waals surface area (Å²) in [6.45, 7) is 0.722. The normalized spacial score (nSPS) is 10.7. The van der Waals surface area contributed by atoms with Gasteiger partial charge in [0.2, 0.25) is 0 Å². The average Bonchev–Trinajstić information content (AvgIpc) is 2.19. The minimum atomic E-state index is 0.713. The van der Waals surface area contributed by atoms with E-state index in [0.717, 1.165) is 23.1 Å². The lowest BCUT2D eigenvalue weighted by Gasteiger charge is -2.03. The van der Waals surface area contributed by atoms with E-state index in [-0.39, 0.29) is 0 Å². The van der Waals surface area contributed by atoms with E-state index in [9.17, 15) is 0 Å². The number of fused-ring (bicyclic) bond motifs is 1. The molecule has 0 saturated heterocycles. The van der Waals surface area contributed by atoms with Crippen molar-refractivity contribution >= 4 is 22.5 Å². The average molecular weight is 208 g/mol. The largest absolute Gasteiger partial charge is 0.314 e. The van der Waals surface area contributed by atoms with E-state index in [4.69, 9.17) is 11.6 Å². The molecule has 1 aromatic heterocycles. The lowest BCUT2D eigenvalue weighted by molar-refractivity contribution is 0.795. The number of hydrogen-bond donors (Lipinski definition) is 1. The van der Waals surface area contributed by atoms with Crippen molar-refractivity contribution in [2.45, 2.75) is 6.54 Å². The molecule has 0 spiro atoms. The van der Waals surface area contributed by atoms with Crippen molar-refractivity contribution in [1.29, 1.82) is 0 Å². The fourth-order valence-electron chi connectivity index (χ4n) is 1.39. The maximum Gasteiger partial charge on any atom is 0.116 e. The quantitative estimate of drug-likeness (QED) is 0.819. The van der Waals surface area contributed by atoms with E-state index in [1.54, 1.807) is 6.33 Å². The van der Waals surface area contributed by atoms with Crippen LogP contribution in [0.5, 0.6) is 0 Å². The molecule has 0 bridgehead atoms. The monoisotopic (exact) mass is 207 g/mol. The molecule has 3 nitrogen and oxygen atoms in total. The fourth-order valence-corrected chi connectivity index (χ4v) is 1.56. The molecule has 0 saturated carbocycles. The van der Waals surface area contributed by atoms with E-state index in [1.807, 2.05) is 25.2 Å². The molecule has 0 fully saturated rings. The van der Waals surface area contributed by atoms with Crippen LogP contribution in [0.2, 0.25) is 5.02 Å². The van der Waals surface area contributed by atoms with Crippen molar-refractivity contribution in [3.63, 3.8) is 0 Å². The van der Waals surface area contributed by atoms with Gasteiger partial charge in [0.1, 0.15) is 6.33 Å². The topological polar surface area (TPSA) is 37.8 Å². The molecule has 0 unspecified atom stereocenters. The first-order chi connectivity index (χ1) is 6.81. The number of nitrogens with zero attached hydrogens (tertiary/aromatic N) is 2. The predicted molar refractivity (Wildman–Crippen MR) is 57.3 cm³/mol. The van der Waals surface area contributed by atoms with Crippen LogP contribution in [0, 0.1) is 0 Å². The Bertz CT molecular complexity index is 456. The molecular weight excluding hydrogens is 198 g/mol. The Hall–Kier alpha value is -1.19. The molecule has 2 aromatic rings. The van der Waals surface area contributed by atoms with Gasteiger partial charge in [-0.3, -0.25) is 0 Å². The number of nitrogens with one attached hydrogen (secondary N) is 1. The van der Waals surface area contributed by atoms with Crippen LogP contribution in [-0.4, -0.2) is 17.0 Å². The summed E-state index contributed by atoms with van der Waals surface area (Å²) in [5, 5.41) is 4.78. The molecule has 0 radical (unpaired) electrons. The molecular formula is C10H10ClN3. The standard InChI is InChI=1S/C10H10ClN3/c1-12-5-10-8-4-7(11)2-3-9(8)13-6-14-10/h2-4,6,12H,5H2,1H3. The highest BCUT2D eigenvalue weighted by atomic mass is 35.5. The summed E-state index contributed by atoms with van der Waals surface area (Å²) in [4.78, 5) is 8.37. The molecule has 2 rings (SSSR count). The van der Waals surface area contributed by atoms with Gasteiger partial charge in [-0.1, -0.05) is 11.6 Å². The van der Waals surface area contributed by atoms with Crippen LogP contribution in [0.4, 0.5) is 0 Å². The Morgan fingerprint density at radius 2 is 2.21 bits per heavy atom. The number of aromatic nitrogens is 2. The smallest absolute Gasteiger partial charge is 0.116 e. The molecule has 0 atom stereocenters. The van der Waals surface area contributed by atoms with Crippen molar-refractivity contribution < 1.29 is 0 Å². The number of hydrogen-bond acceptors (Lipinski definition) is 3. The van der Waals surface area contributed by atoms with Crippen LogP contribution in [0.15, 0.2) is 24.5 Å². The van der Waals surface area contributed by atoms with Crippen LogP contribution >= 0.6 is 11.6 Å². The summed E-state index contributed by atoms with van der Waals surface area (Å²) in [7, 11) is 1.89. The highest BCUT2D eigenvalue weighted by Gasteiger charge is 2.02. The molecule has 1 N–H and O–H groups in total. The van der Waals surface area contributed by atoms with Crippen molar-refractivity contribution in [3.8, 4) is 0 Å². The summed E-state index contributed by atoms with van der Waals surface area (Å²) >= 11 is 5.91. The molecule has 4 heteroatoms. The molecule has 72 valence electrons. The molecule has 1 aromatic carbocycles. The van der Waals surface area contributed by atoms with Gasteiger partial charge in [0.15, 0.2) is 0 Å². The lowest BCUT2D eigenvalue weighted by Crippen LogP contribution is -2.07. The molecule has 14 heavy (non-hydrogen) atoms. The van der Waals surface area contributed by atoms with Gasteiger partial charge in [-0.05, 0) is 25.2 Å². The van der Waals surface area contributed by atoms with Crippen LogP contribution in [0.25, 0.3) is 10.9 Å². The van der Waals surface area contributed by atoms with Gasteiger partial charge in [0.25, 0.3) is 0 Å². The number of halogens is 1. The van der Waals surface area contributed by atoms with E-state index in [0.29, 0.717) is 5.02 Å². The summed E-state index contributed by atoms with van der Waals surface area (Å²) in [6.07, 6.45) is 1.57. The second-order valence-electron chi connectivity index (χ2n) is 3.01. The molecule has 0 amide bonds.